The third kappa shape index (κ3) is 14.6. The van der Waals surface area contributed by atoms with Crippen molar-refractivity contribution < 1.29 is 49.1 Å². The van der Waals surface area contributed by atoms with E-state index in [0.717, 1.165) is 36.4 Å². The molecule has 0 aliphatic heterocycles. The van der Waals surface area contributed by atoms with Gasteiger partial charge in [0.15, 0.2) is 0 Å². The molecule has 3 aromatic rings. The van der Waals surface area contributed by atoms with Gasteiger partial charge in [-0.2, -0.15) is 0 Å². The van der Waals surface area contributed by atoms with Crippen LogP contribution in [0.2, 0.25) is 0 Å². The zero-order chi connectivity index (χ0) is 22.8. The molecule has 3 aromatic carbocycles. The van der Waals surface area contributed by atoms with Gasteiger partial charge in [0.2, 0.25) is 33.6 Å². The van der Waals surface area contributed by atoms with Gasteiger partial charge in [0.25, 0.3) is 0 Å². The van der Waals surface area contributed by atoms with Crippen molar-refractivity contribution in [3.05, 3.63) is 91.0 Å². The maximum Gasteiger partial charge on any atom is 0.237 e. The molecular weight excluding hydrogens is 540 g/mol. The fourth-order valence-electron chi connectivity index (χ4n) is 1.72. The minimum Gasteiger partial charge on any atom is -0.269 e. The summed E-state index contributed by atoms with van der Waals surface area (Å²) in [6, 6.07) is 19.5. The van der Waals surface area contributed by atoms with Crippen LogP contribution in [0.25, 0.3) is 0 Å². The van der Waals surface area contributed by atoms with Crippen molar-refractivity contribution in [2.75, 3.05) is 0 Å². The summed E-state index contributed by atoms with van der Waals surface area (Å²) in [5, 5.41) is 0. The lowest BCUT2D eigenvalue weighted by atomic mass is 10.4. The van der Waals surface area contributed by atoms with Crippen molar-refractivity contribution in [2.45, 2.75) is 14.7 Å². The van der Waals surface area contributed by atoms with Crippen LogP contribution in [0.3, 0.4) is 0 Å². The van der Waals surface area contributed by atoms with E-state index in [4.69, 9.17) is 0 Å². The first kappa shape index (κ1) is 35.5. The second-order valence-electron chi connectivity index (χ2n) is 5.16. The number of rotatable bonds is 3. The minimum absolute atomic E-state index is 0. The summed E-state index contributed by atoms with van der Waals surface area (Å²) in [6.45, 7) is 0. The predicted molar refractivity (Wildman–Crippen MR) is 114 cm³/mol. The van der Waals surface area contributed by atoms with E-state index in [1.54, 1.807) is 18.2 Å². The molecular formula is C18H18F12S3. The lowest BCUT2D eigenvalue weighted by molar-refractivity contribution is 0.631. The minimum atomic E-state index is -5.00. The fraction of sp³-hybridized carbons (Fsp3) is 0. The van der Waals surface area contributed by atoms with Crippen LogP contribution in [0.4, 0.5) is 49.1 Å². The molecule has 0 saturated carbocycles. The van der Waals surface area contributed by atoms with Crippen LogP contribution in [-0.2, 0) is 0 Å². The molecule has 0 N–H and O–H groups in total. The molecule has 0 unspecified atom stereocenters. The summed E-state index contributed by atoms with van der Waals surface area (Å²) in [4.78, 5) is -1.56. The van der Waals surface area contributed by atoms with E-state index in [1.807, 2.05) is 0 Å². The summed E-state index contributed by atoms with van der Waals surface area (Å²) in [7, 11) is 0. The average molecular weight is 559 g/mol. The molecule has 15 heteroatoms. The fourth-order valence-corrected chi connectivity index (χ4v) is 3.12. The van der Waals surface area contributed by atoms with Gasteiger partial charge in [0.05, 0.1) is 14.7 Å². The van der Waals surface area contributed by atoms with Gasteiger partial charge in [-0.3, -0.25) is 14.1 Å². The molecule has 192 valence electrons. The van der Waals surface area contributed by atoms with Gasteiger partial charge >= 0.3 is 0 Å². The molecule has 33 heavy (non-hydrogen) atoms. The summed E-state index contributed by atoms with van der Waals surface area (Å²) in [5.41, 5.74) is 0. The van der Waals surface area contributed by atoms with E-state index in [-0.39, 0.29) is 14.1 Å². The normalized spacial score (nSPS) is 11.9. The smallest absolute Gasteiger partial charge is 0.237 e. The molecule has 0 atom stereocenters. The van der Waals surface area contributed by atoms with E-state index in [1.165, 1.54) is 36.4 Å². The van der Waals surface area contributed by atoms with Gasteiger partial charge in [-0.05, 0) is 36.4 Å². The van der Waals surface area contributed by atoms with Crippen LogP contribution < -0.4 is 0 Å². The zero-order valence-electron chi connectivity index (χ0n) is 16.0. The van der Waals surface area contributed by atoms with Gasteiger partial charge in [0.1, 0.15) is 0 Å². The molecule has 0 heterocycles. The van der Waals surface area contributed by atoms with Gasteiger partial charge in [-0.25, -0.2) is 0 Å². The third-order valence-corrected chi connectivity index (χ3v) is 5.45. The Kier molecular flexibility index (Phi) is 16.8. The van der Waals surface area contributed by atoms with Crippen molar-refractivity contribution in [2.24, 2.45) is 0 Å². The maximum absolute atomic E-state index is 11.9. The van der Waals surface area contributed by atoms with Crippen molar-refractivity contribution in [1.82, 2.24) is 0 Å². The summed E-state index contributed by atoms with van der Waals surface area (Å²) >= 11 is -15.0. The van der Waals surface area contributed by atoms with E-state index >= 15 is 0 Å². The first-order chi connectivity index (χ1) is 13.8. The number of hydrogen-bond acceptors (Lipinski definition) is 0. The molecule has 0 aromatic heterocycles. The van der Waals surface area contributed by atoms with Crippen molar-refractivity contribution >= 4 is 33.6 Å². The Balaban J connectivity index is -0.000000391. The standard InChI is InChI=1S/3C6H5F3S.3FH/c3*7-10(8,9)6-4-2-1-3-5-6;;;/h3*1-5H;3*1H. The Bertz CT molecular complexity index is 734. The summed E-state index contributed by atoms with van der Waals surface area (Å²) < 4.78 is 107. The monoisotopic (exact) mass is 558 g/mol. The lowest BCUT2D eigenvalue weighted by Crippen LogP contribution is -1.76. The summed E-state index contributed by atoms with van der Waals surface area (Å²) in [5.74, 6) is 0. The van der Waals surface area contributed by atoms with Crippen LogP contribution in [-0.4, -0.2) is 0 Å². The number of halogens is 12. The average Bonchev–Trinajstić information content (AvgIpc) is 2.69. The Morgan fingerprint density at radius 1 is 0.303 bits per heavy atom. The quantitative estimate of drug-likeness (QED) is 0.281. The highest BCUT2D eigenvalue weighted by Crippen LogP contribution is 2.61. The Morgan fingerprint density at radius 3 is 0.545 bits per heavy atom. The van der Waals surface area contributed by atoms with Gasteiger partial charge in [-0.1, -0.05) is 54.6 Å². The van der Waals surface area contributed by atoms with E-state index in [0.29, 0.717) is 0 Å². The maximum atomic E-state index is 11.9. The van der Waals surface area contributed by atoms with Gasteiger partial charge < -0.3 is 0 Å². The summed E-state index contributed by atoms with van der Waals surface area (Å²) in [6.07, 6.45) is 0. The molecule has 0 saturated heterocycles. The van der Waals surface area contributed by atoms with Crippen molar-refractivity contribution in [1.29, 1.82) is 0 Å². The Morgan fingerprint density at radius 2 is 0.455 bits per heavy atom. The molecule has 0 nitrogen and oxygen atoms in total. The molecule has 0 spiro atoms. The number of benzene rings is 3. The lowest BCUT2D eigenvalue weighted by Gasteiger charge is -2.07. The van der Waals surface area contributed by atoms with Crippen LogP contribution in [0.1, 0.15) is 0 Å². The molecule has 0 radical (unpaired) electrons. The van der Waals surface area contributed by atoms with Crippen LogP contribution in [0.5, 0.6) is 0 Å². The third-order valence-electron chi connectivity index (χ3n) is 3.03. The molecule has 3 rings (SSSR count). The second kappa shape index (κ2) is 15.7. The second-order valence-corrected chi connectivity index (χ2v) is 9.01. The Hall–Kier alpha value is -2.13. The molecule has 0 aliphatic rings. The highest BCUT2D eigenvalue weighted by Gasteiger charge is 2.24. The van der Waals surface area contributed by atoms with E-state index < -0.39 is 48.2 Å². The van der Waals surface area contributed by atoms with Crippen molar-refractivity contribution in [3.8, 4) is 0 Å². The predicted octanol–water partition coefficient (Wildman–Crippen LogP) is 11.0. The van der Waals surface area contributed by atoms with E-state index in [2.05, 4.69) is 0 Å². The zero-order valence-corrected chi connectivity index (χ0v) is 18.5. The first-order valence-electron chi connectivity index (χ1n) is 7.73. The van der Waals surface area contributed by atoms with Crippen LogP contribution in [0, 0.1) is 0 Å². The number of hydrogen-bond donors (Lipinski definition) is 0. The SMILES string of the molecule is F.F.F.FS(F)(F)c1ccccc1.FS(F)(F)c1ccccc1.FS(F)(F)c1ccccc1. The highest BCUT2D eigenvalue weighted by atomic mass is 32.3. The van der Waals surface area contributed by atoms with Crippen molar-refractivity contribution in [3.63, 3.8) is 0 Å². The molecule has 0 bridgehead atoms. The van der Waals surface area contributed by atoms with Crippen LogP contribution >= 0.6 is 33.6 Å². The van der Waals surface area contributed by atoms with Gasteiger partial charge in [0, 0.05) is 0 Å². The van der Waals surface area contributed by atoms with E-state index in [9.17, 15) is 35.0 Å². The Labute approximate surface area is 188 Å². The highest BCUT2D eigenvalue weighted by molar-refractivity contribution is 8.21. The topological polar surface area (TPSA) is 0 Å². The van der Waals surface area contributed by atoms with Crippen LogP contribution in [0.15, 0.2) is 106 Å². The first-order valence-corrected chi connectivity index (χ1v) is 11.7. The largest absolute Gasteiger partial charge is 0.269 e. The molecule has 0 aliphatic carbocycles. The van der Waals surface area contributed by atoms with Gasteiger partial charge in [-0.15, -0.1) is 35.0 Å². The molecule has 0 fully saturated rings. The molecule has 0 amide bonds.